The Labute approximate surface area is 94.3 Å². The number of carboxylic acid groups (broad SMARTS) is 1. The molecule has 0 radical (unpaired) electrons. The fraction of sp³-hybridized carbons (Fsp3) is 0.250. The molecule has 0 aromatic heterocycles. The molecule has 0 spiro atoms. The van der Waals surface area contributed by atoms with Gasteiger partial charge in [0.25, 0.3) is 0 Å². The van der Waals surface area contributed by atoms with Crippen LogP contribution in [0.5, 0.6) is 5.75 Å². The zero-order valence-corrected chi connectivity index (χ0v) is 9.14. The number of carbonyl (C=O) groups is 1. The number of benzene rings is 1. The van der Waals surface area contributed by atoms with Crippen LogP contribution in [0.4, 0.5) is 0 Å². The van der Waals surface area contributed by atoms with Gasteiger partial charge in [-0.1, -0.05) is 24.8 Å². The number of methoxy groups -OCH3 is 1. The van der Waals surface area contributed by atoms with E-state index in [0.717, 1.165) is 11.1 Å². The summed E-state index contributed by atoms with van der Waals surface area (Å²) in [6.45, 7) is 3.65. The summed E-state index contributed by atoms with van der Waals surface area (Å²) in [5.41, 5.74) is 7.17. The van der Waals surface area contributed by atoms with Crippen LogP contribution in [0.2, 0.25) is 0 Å². The van der Waals surface area contributed by atoms with Crippen molar-refractivity contribution in [3.05, 3.63) is 35.9 Å². The molecule has 1 atom stereocenters. The van der Waals surface area contributed by atoms with Crippen molar-refractivity contribution in [2.75, 3.05) is 7.11 Å². The molecule has 0 fully saturated rings. The van der Waals surface area contributed by atoms with Crippen LogP contribution in [0.25, 0.3) is 6.08 Å². The summed E-state index contributed by atoms with van der Waals surface area (Å²) in [5.74, 6) is -0.385. The van der Waals surface area contributed by atoms with Gasteiger partial charge in [-0.2, -0.15) is 0 Å². The molecule has 3 N–H and O–H groups in total. The molecule has 1 rings (SSSR count). The zero-order valence-electron chi connectivity index (χ0n) is 9.14. The van der Waals surface area contributed by atoms with Crippen molar-refractivity contribution >= 4 is 12.0 Å². The molecule has 0 aliphatic heterocycles. The van der Waals surface area contributed by atoms with E-state index in [1.54, 1.807) is 18.2 Å². The second-order valence-electron chi connectivity index (χ2n) is 3.42. The van der Waals surface area contributed by atoms with Crippen LogP contribution >= 0.6 is 0 Å². The molecule has 0 aliphatic carbocycles. The van der Waals surface area contributed by atoms with Gasteiger partial charge in [-0.15, -0.1) is 0 Å². The molecule has 86 valence electrons. The maximum absolute atomic E-state index is 10.6. The highest BCUT2D eigenvalue weighted by molar-refractivity contribution is 5.73. The topological polar surface area (TPSA) is 72.6 Å². The quantitative estimate of drug-likeness (QED) is 0.785. The molecule has 1 aromatic rings. The number of carboxylic acids is 1. The average Bonchev–Trinajstić information content (AvgIpc) is 2.29. The molecule has 0 aliphatic rings. The van der Waals surface area contributed by atoms with Gasteiger partial charge in [0.15, 0.2) is 0 Å². The van der Waals surface area contributed by atoms with E-state index in [4.69, 9.17) is 15.6 Å². The van der Waals surface area contributed by atoms with E-state index in [9.17, 15) is 4.79 Å². The number of hydrogen-bond donors (Lipinski definition) is 2. The van der Waals surface area contributed by atoms with Crippen LogP contribution < -0.4 is 10.5 Å². The summed E-state index contributed by atoms with van der Waals surface area (Å²) in [6.07, 6.45) is 1.94. The average molecular weight is 221 g/mol. The Morgan fingerprint density at radius 2 is 2.38 bits per heavy atom. The molecule has 4 heteroatoms. The third-order valence-corrected chi connectivity index (χ3v) is 2.30. The lowest BCUT2D eigenvalue weighted by Crippen LogP contribution is -2.32. The zero-order chi connectivity index (χ0) is 12.1. The van der Waals surface area contributed by atoms with Crippen LogP contribution in [0, 0.1) is 0 Å². The van der Waals surface area contributed by atoms with Crippen molar-refractivity contribution in [1.82, 2.24) is 0 Å². The van der Waals surface area contributed by atoms with E-state index < -0.39 is 12.0 Å². The lowest BCUT2D eigenvalue weighted by molar-refractivity contribution is -0.138. The molecule has 0 amide bonds. The van der Waals surface area contributed by atoms with Gasteiger partial charge in [0, 0.05) is 6.42 Å². The van der Waals surface area contributed by atoms with Crippen LogP contribution in [0.15, 0.2) is 24.8 Å². The molecule has 0 saturated carbocycles. The minimum atomic E-state index is -1.02. The van der Waals surface area contributed by atoms with Gasteiger partial charge in [-0.05, 0) is 17.2 Å². The molecule has 0 saturated heterocycles. The highest BCUT2D eigenvalue weighted by atomic mass is 16.5. The van der Waals surface area contributed by atoms with E-state index in [1.807, 2.05) is 6.07 Å². The Morgan fingerprint density at radius 1 is 1.69 bits per heavy atom. The van der Waals surface area contributed by atoms with Crippen LogP contribution in [0.1, 0.15) is 11.1 Å². The number of aliphatic carboxylic acids is 1. The highest BCUT2D eigenvalue weighted by Crippen LogP contribution is 2.22. The largest absolute Gasteiger partial charge is 0.496 e. The van der Waals surface area contributed by atoms with Gasteiger partial charge in [0.2, 0.25) is 0 Å². The molecular formula is C12H15NO3. The minimum Gasteiger partial charge on any atom is -0.496 e. The van der Waals surface area contributed by atoms with Crippen molar-refractivity contribution in [3.63, 3.8) is 0 Å². The molecular weight excluding hydrogens is 206 g/mol. The molecule has 1 aromatic carbocycles. The van der Waals surface area contributed by atoms with Crippen LogP contribution in [-0.2, 0) is 11.2 Å². The van der Waals surface area contributed by atoms with E-state index in [1.165, 1.54) is 7.11 Å². The van der Waals surface area contributed by atoms with Crippen molar-refractivity contribution in [3.8, 4) is 5.75 Å². The van der Waals surface area contributed by atoms with Gasteiger partial charge in [0.05, 0.1) is 7.11 Å². The number of nitrogens with two attached hydrogens (primary N) is 1. The third kappa shape index (κ3) is 2.84. The lowest BCUT2D eigenvalue weighted by Gasteiger charge is -2.11. The fourth-order valence-corrected chi connectivity index (χ4v) is 1.38. The predicted octanol–water partition coefficient (Wildman–Crippen LogP) is 1.29. The number of ether oxygens (including phenoxy) is 1. The van der Waals surface area contributed by atoms with Gasteiger partial charge in [0.1, 0.15) is 11.8 Å². The Morgan fingerprint density at radius 3 is 2.88 bits per heavy atom. The van der Waals surface area contributed by atoms with E-state index in [-0.39, 0.29) is 6.42 Å². The first-order chi connectivity index (χ1) is 7.58. The predicted molar refractivity (Wildman–Crippen MR) is 62.4 cm³/mol. The summed E-state index contributed by atoms with van der Waals surface area (Å²) >= 11 is 0. The Balaban J connectivity index is 2.95. The summed E-state index contributed by atoms with van der Waals surface area (Å²) in [6, 6.07) is 4.54. The van der Waals surface area contributed by atoms with Crippen LogP contribution in [0.3, 0.4) is 0 Å². The Hall–Kier alpha value is -1.81. The Bertz CT molecular complexity index is 401. The molecule has 0 unspecified atom stereocenters. The second kappa shape index (κ2) is 5.32. The van der Waals surface area contributed by atoms with E-state index in [0.29, 0.717) is 5.75 Å². The first-order valence-corrected chi connectivity index (χ1v) is 4.86. The number of rotatable bonds is 5. The van der Waals surface area contributed by atoms with Gasteiger partial charge < -0.3 is 15.6 Å². The van der Waals surface area contributed by atoms with Crippen molar-refractivity contribution < 1.29 is 14.6 Å². The maximum atomic E-state index is 10.6. The van der Waals surface area contributed by atoms with Crippen molar-refractivity contribution in [2.45, 2.75) is 12.5 Å². The highest BCUT2D eigenvalue weighted by Gasteiger charge is 2.14. The summed E-state index contributed by atoms with van der Waals surface area (Å²) in [4.78, 5) is 10.6. The van der Waals surface area contributed by atoms with Gasteiger partial charge >= 0.3 is 5.97 Å². The number of hydrogen-bond acceptors (Lipinski definition) is 3. The first kappa shape index (κ1) is 12.3. The second-order valence-corrected chi connectivity index (χ2v) is 3.42. The summed E-state index contributed by atoms with van der Waals surface area (Å²) in [5, 5.41) is 8.73. The monoisotopic (exact) mass is 221 g/mol. The van der Waals surface area contributed by atoms with Gasteiger partial charge in [-0.25, -0.2) is 0 Å². The normalized spacial score (nSPS) is 11.9. The van der Waals surface area contributed by atoms with Crippen molar-refractivity contribution in [1.29, 1.82) is 0 Å². The Kier molecular flexibility index (Phi) is 4.08. The van der Waals surface area contributed by atoms with E-state index in [2.05, 4.69) is 6.58 Å². The molecule has 4 nitrogen and oxygen atoms in total. The standard InChI is InChI=1S/C12H15NO3/c1-3-8-4-5-9(11(6-8)16-2)7-10(13)12(14)15/h3-6,10H,1,7,13H2,2H3,(H,14,15)/t10-/m0/s1. The molecule has 0 bridgehead atoms. The lowest BCUT2D eigenvalue weighted by atomic mass is 10.0. The van der Waals surface area contributed by atoms with E-state index >= 15 is 0 Å². The maximum Gasteiger partial charge on any atom is 0.320 e. The fourth-order valence-electron chi connectivity index (χ4n) is 1.38. The third-order valence-electron chi connectivity index (χ3n) is 2.30. The smallest absolute Gasteiger partial charge is 0.320 e. The summed E-state index contributed by atoms with van der Waals surface area (Å²) in [7, 11) is 1.54. The minimum absolute atomic E-state index is 0.246. The molecule has 16 heavy (non-hydrogen) atoms. The van der Waals surface area contributed by atoms with Crippen molar-refractivity contribution in [2.24, 2.45) is 5.73 Å². The first-order valence-electron chi connectivity index (χ1n) is 4.86. The van der Waals surface area contributed by atoms with Crippen LogP contribution in [-0.4, -0.2) is 24.2 Å². The summed E-state index contributed by atoms with van der Waals surface area (Å²) < 4.78 is 5.17. The van der Waals surface area contributed by atoms with Gasteiger partial charge in [-0.3, -0.25) is 4.79 Å². The SMILES string of the molecule is C=Cc1ccc(C[C@H](N)C(=O)O)c(OC)c1. The molecule has 0 heterocycles.